The van der Waals surface area contributed by atoms with Crippen molar-refractivity contribution in [3.63, 3.8) is 0 Å². The normalized spacial score (nSPS) is 45.7. The van der Waals surface area contributed by atoms with Crippen LogP contribution in [0.2, 0.25) is 0 Å². The van der Waals surface area contributed by atoms with Gasteiger partial charge in [0.2, 0.25) is 0 Å². The predicted molar refractivity (Wildman–Crippen MR) is 161 cm³/mol. The maximum Gasteiger partial charge on any atom is 0.338 e. The second-order valence-corrected chi connectivity index (χ2v) is 13.9. The second-order valence-electron chi connectivity index (χ2n) is 13.9. The minimum atomic E-state index is -1.47. The van der Waals surface area contributed by atoms with Gasteiger partial charge in [0.05, 0.1) is 44.7 Å². The molecule has 6 aliphatic rings. The highest BCUT2D eigenvalue weighted by Gasteiger charge is 2.85. The standard InChI is InChI=1S/C34H47NO10/c1-8-35-15-32(16-39-2)22(36)13-24(43-6)34-19-14-33(38)23(42-5)12-18(26(29(34)35)27(44-7)28(32)34)25(19)30(33)45-31(37)17-9-10-20(40-3)21(11-17)41-4/h9-12,19,22-30,36,38H,8,13-16H2,1-7H3. The largest absolute Gasteiger partial charge is 0.493 e. The van der Waals surface area contributed by atoms with Crippen molar-refractivity contribution < 1.29 is 48.2 Å². The van der Waals surface area contributed by atoms with E-state index in [-0.39, 0.29) is 41.9 Å². The summed E-state index contributed by atoms with van der Waals surface area (Å²) < 4.78 is 42.0. The number of likely N-dealkylation sites (tertiary alicyclic amines) is 1. The van der Waals surface area contributed by atoms with Crippen LogP contribution in [-0.2, 0) is 23.7 Å². The maximum atomic E-state index is 13.9. The van der Waals surface area contributed by atoms with Crippen LogP contribution < -0.4 is 9.47 Å². The Morgan fingerprint density at radius 3 is 2.40 bits per heavy atom. The van der Waals surface area contributed by atoms with Crippen LogP contribution in [0.3, 0.4) is 0 Å². The van der Waals surface area contributed by atoms with E-state index in [1.54, 1.807) is 46.6 Å². The molecular formula is C34H47NO10. The zero-order valence-electron chi connectivity index (χ0n) is 27.2. The Morgan fingerprint density at radius 1 is 1.02 bits per heavy atom. The number of aliphatic hydroxyl groups excluding tert-OH is 1. The first-order chi connectivity index (χ1) is 21.7. The first-order valence-corrected chi connectivity index (χ1v) is 16.0. The van der Waals surface area contributed by atoms with E-state index in [1.165, 1.54) is 14.2 Å². The van der Waals surface area contributed by atoms with Crippen LogP contribution in [0, 0.1) is 34.5 Å². The number of hydrogen-bond donors (Lipinski definition) is 2. The van der Waals surface area contributed by atoms with Crippen molar-refractivity contribution in [1.82, 2.24) is 4.90 Å². The van der Waals surface area contributed by atoms with Crippen molar-refractivity contribution in [3.05, 3.63) is 35.4 Å². The summed E-state index contributed by atoms with van der Waals surface area (Å²) >= 11 is 0. The van der Waals surface area contributed by atoms with E-state index in [2.05, 4.69) is 17.9 Å². The molecule has 1 heterocycles. The average molecular weight is 630 g/mol. The molecule has 7 bridgehead atoms. The molecule has 11 nitrogen and oxygen atoms in total. The molecule has 4 saturated carbocycles. The van der Waals surface area contributed by atoms with Crippen LogP contribution in [0.15, 0.2) is 29.8 Å². The molecule has 0 radical (unpaired) electrons. The van der Waals surface area contributed by atoms with Crippen LogP contribution in [0.1, 0.15) is 30.1 Å². The van der Waals surface area contributed by atoms with Gasteiger partial charge in [-0.2, -0.15) is 0 Å². The molecule has 5 fully saturated rings. The first-order valence-electron chi connectivity index (χ1n) is 16.0. The molecule has 13 atom stereocenters. The number of esters is 1. The summed E-state index contributed by atoms with van der Waals surface area (Å²) in [5.74, 6) is -0.235. The minimum absolute atomic E-state index is 0.0486. The van der Waals surface area contributed by atoms with Gasteiger partial charge >= 0.3 is 5.97 Å². The van der Waals surface area contributed by atoms with E-state index in [4.69, 9.17) is 33.2 Å². The van der Waals surface area contributed by atoms with Crippen molar-refractivity contribution in [1.29, 1.82) is 0 Å². The Hall–Kier alpha value is -2.25. The number of rotatable bonds is 10. The van der Waals surface area contributed by atoms with E-state index in [1.807, 2.05) is 0 Å². The fourth-order valence-corrected chi connectivity index (χ4v) is 11.6. The third-order valence-electron chi connectivity index (χ3n) is 12.8. The molecule has 1 aliphatic heterocycles. The first kappa shape index (κ1) is 31.4. The number of nitrogens with zero attached hydrogens (tertiary/aromatic N) is 1. The second kappa shape index (κ2) is 10.9. The molecule has 1 spiro atoms. The minimum Gasteiger partial charge on any atom is -0.493 e. The van der Waals surface area contributed by atoms with Gasteiger partial charge in [-0.1, -0.05) is 18.6 Å². The van der Waals surface area contributed by atoms with Crippen molar-refractivity contribution >= 4 is 5.97 Å². The molecule has 2 N–H and O–H groups in total. The highest BCUT2D eigenvalue weighted by Crippen LogP contribution is 2.78. The smallest absolute Gasteiger partial charge is 0.338 e. The van der Waals surface area contributed by atoms with Crippen molar-refractivity contribution in [2.75, 3.05) is 62.4 Å². The van der Waals surface area contributed by atoms with E-state index in [0.717, 1.165) is 12.1 Å². The quantitative estimate of drug-likeness (QED) is 0.291. The summed E-state index contributed by atoms with van der Waals surface area (Å²) in [4.78, 5) is 16.4. The number of benzene rings is 1. The van der Waals surface area contributed by atoms with Gasteiger partial charge in [-0.3, -0.25) is 4.90 Å². The van der Waals surface area contributed by atoms with Crippen LogP contribution in [0.25, 0.3) is 0 Å². The molecule has 0 amide bonds. The van der Waals surface area contributed by atoms with Gasteiger partial charge in [0.1, 0.15) is 17.8 Å². The Balaban J connectivity index is 1.39. The van der Waals surface area contributed by atoms with Crippen LogP contribution in [0.4, 0.5) is 0 Å². The fraction of sp³-hybridized carbons (Fsp3) is 0.735. The number of piperidine rings is 1. The topological polar surface area (TPSA) is 125 Å². The number of carbonyl (C=O) groups excluding carboxylic acids is 1. The van der Waals surface area contributed by atoms with Gasteiger partial charge < -0.3 is 43.4 Å². The summed E-state index contributed by atoms with van der Waals surface area (Å²) in [7, 11) is 9.83. The van der Waals surface area contributed by atoms with E-state index < -0.39 is 40.7 Å². The Kier molecular flexibility index (Phi) is 7.60. The molecule has 45 heavy (non-hydrogen) atoms. The lowest BCUT2D eigenvalue weighted by Gasteiger charge is -2.68. The van der Waals surface area contributed by atoms with E-state index in [0.29, 0.717) is 43.1 Å². The van der Waals surface area contributed by atoms with Gasteiger partial charge in [-0.25, -0.2) is 4.79 Å². The molecule has 1 aromatic rings. The average Bonchev–Trinajstić information content (AvgIpc) is 3.39. The monoisotopic (exact) mass is 629 g/mol. The van der Waals surface area contributed by atoms with Gasteiger partial charge in [-0.05, 0) is 37.1 Å². The number of carbonyl (C=O) groups is 1. The molecular weight excluding hydrogens is 582 g/mol. The van der Waals surface area contributed by atoms with Gasteiger partial charge in [0.25, 0.3) is 0 Å². The SMILES string of the molecule is CCN1CC2(COC)C(O)CC(OC)C34C5CC6(O)C(OC)C=C(C5C6OC(=O)c5ccc(OC)c(OC)c5)C(C(OC)C23)C14. The molecule has 11 heteroatoms. The van der Waals surface area contributed by atoms with Crippen LogP contribution in [0.5, 0.6) is 11.5 Å². The van der Waals surface area contributed by atoms with Gasteiger partial charge in [0, 0.05) is 76.0 Å². The highest BCUT2D eigenvalue weighted by atomic mass is 16.6. The predicted octanol–water partition coefficient (Wildman–Crippen LogP) is 1.93. The van der Waals surface area contributed by atoms with E-state index >= 15 is 0 Å². The lowest BCUT2D eigenvalue weighted by atomic mass is 9.43. The Labute approximate surface area is 264 Å². The summed E-state index contributed by atoms with van der Waals surface area (Å²) in [6.45, 7) is 4.00. The summed E-state index contributed by atoms with van der Waals surface area (Å²) in [5, 5.41) is 24.6. The summed E-state index contributed by atoms with van der Waals surface area (Å²) in [6.07, 6.45) is 0.141. The number of hydrogen-bond acceptors (Lipinski definition) is 11. The Bertz CT molecular complexity index is 1370. The lowest BCUT2D eigenvalue weighted by Crippen LogP contribution is -2.76. The molecule has 5 aliphatic carbocycles. The summed E-state index contributed by atoms with van der Waals surface area (Å²) in [5.41, 5.74) is -1.17. The van der Waals surface area contributed by atoms with Crippen molar-refractivity contribution in [3.8, 4) is 11.5 Å². The third-order valence-corrected chi connectivity index (χ3v) is 12.8. The molecule has 13 unspecified atom stereocenters. The molecule has 248 valence electrons. The van der Waals surface area contributed by atoms with Gasteiger partial charge in [-0.15, -0.1) is 0 Å². The zero-order valence-corrected chi connectivity index (χ0v) is 27.2. The molecule has 1 saturated heterocycles. The molecule has 0 aromatic heterocycles. The number of ether oxygens (including phenoxy) is 7. The number of fused-ring (bicyclic) bond motifs is 2. The molecule has 7 rings (SSSR count). The van der Waals surface area contributed by atoms with Crippen LogP contribution >= 0.6 is 0 Å². The van der Waals surface area contributed by atoms with Gasteiger partial charge in [0.15, 0.2) is 11.5 Å². The zero-order chi connectivity index (χ0) is 32.1. The number of methoxy groups -OCH3 is 6. The third kappa shape index (κ3) is 3.74. The fourth-order valence-electron chi connectivity index (χ4n) is 11.6. The maximum absolute atomic E-state index is 13.9. The van der Waals surface area contributed by atoms with E-state index in [9.17, 15) is 15.0 Å². The lowest BCUT2D eigenvalue weighted by molar-refractivity contribution is -0.275. The highest BCUT2D eigenvalue weighted by molar-refractivity contribution is 5.90. The Morgan fingerprint density at radius 2 is 1.78 bits per heavy atom. The van der Waals surface area contributed by atoms with Crippen molar-refractivity contribution in [2.24, 2.45) is 34.5 Å². The van der Waals surface area contributed by atoms with Crippen LogP contribution in [-0.4, -0.2) is 126 Å². The molecule has 1 aromatic carbocycles. The van der Waals surface area contributed by atoms with Crippen molar-refractivity contribution in [2.45, 2.75) is 61.9 Å². The number of aliphatic hydroxyl groups is 2. The summed E-state index contributed by atoms with van der Waals surface area (Å²) in [6, 6.07) is 4.96.